The molecule has 0 radical (unpaired) electrons. The summed E-state index contributed by atoms with van der Waals surface area (Å²) in [5.74, 6) is 0.783. The fraction of sp³-hybridized carbons (Fsp3) is 0.552. The van der Waals surface area contributed by atoms with Crippen LogP contribution in [0.4, 0.5) is 9.80 Å². The second-order valence-corrected chi connectivity index (χ2v) is 19.9. The van der Waals surface area contributed by atoms with E-state index in [9.17, 15) is 9.90 Å². The molecule has 230 valence electrons. The Morgan fingerprint density at radius 3 is 2.60 bits per heavy atom. The number of hydrogen-bond donors (Lipinski definition) is 1. The molecule has 2 aliphatic rings. The Bertz CT molecular complexity index is 1660. The van der Waals surface area contributed by atoms with Crippen LogP contribution in [0.3, 0.4) is 0 Å². The molecule has 1 amide bonds. The van der Waals surface area contributed by atoms with Gasteiger partial charge in [0.25, 0.3) is 0 Å². The van der Waals surface area contributed by atoms with Crippen molar-refractivity contribution in [2.75, 3.05) is 44.8 Å². The van der Waals surface area contributed by atoms with Crippen molar-refractivity contribution in [1.29, 1.82) is 0 Å². The van der Waals surface area contributed by atoms with Crippen LogP contribution in [0.15, 0.2) is 18.6 Å². The third kappa shape index (κ3) is 5.51. The van der Waals surface area contributed by atoms with Crippen molar-refractivity contribution in [1.82, 2.24) is 34.3 Å². The van der Waals surface area contributed by atoms with Crippen LogP contribution in [-0.4, -0.2) is 93.4 Å². The van der Waals surface area contributed by atoms with Crippen LogP contribution in [-0.2, 0) is 11.5 Å². The molecular weight excluding hydrogens is 585 g/mol. The topological polar surface area (TPSA) is 123 Å². The lowest BCUT2D eigenvalue weighted by molar-refractivity contribution is -0.00919. The number of carboxylic acid groups (broad SMARTS) is 1. The van der Waals surface area contributed by atoms with Crippen LogP contribution in [0.2, 0.25) is 25.7 Å². The number of likely N-dealkylation sites (tertiary alicyclic amines) is 1. The van der Waals surface area contributed by atoms with Gasteiger partial charge in [0.1, 0.15) is 28.8 Å². The molecule has 1 N–H and O–H groups in total. The molecule has 0 aliphatic carbocycles. The molecule has 0 aromatic carbocycles. The van der Waals surface area contributed by atoms with Crippen LogP contribution in [0.1, 0.15) is 31.0 Å². The number of aryl methyl sites for hydroxylation is 1. The van der Waals surface area contributed by atoms with E-state index in [4.69, 9.17) is 19.6 Å². The highest BCUT2D eigenvalue weighted by Gasteiger charge is 2.54. The summed E-state index contributed by atoms with van der Waals surface area (Å²) in [5.41, 5.74) is 5.50. The molecule has 2 aliphatic heterocycles. The highest BCUT2D eigenvalue weighted by Crippen LogP contribution is 2.47. The van der Waals surface area contributed by atoms with E-state index in [1.165, 1.54) is 11.2 Å². The van der Waals surface area contributed by atoms with Gasteiger partial charge in [0.15, 0.2) is 11.4 Å². The number of hydrogen-bond acceptors (Lipinski definition) is 9. The third-order valence-corrected chi connectivity index (χ3v) is 11.2. The maximum absolute atomic E-state index is 11.3. The molecule has 0 saturated carbocycles. The first kappa shape index (κ1) is 29.6. The number of ether oxygens (including phenoxy) is 2. The van der Waals surface area contributed by atoms with E-state index in [-0.39, 0.29) is 11.3 Å². The van der Waals surface area contributed by atoms with E-state index >= 15 is 0 Å². The first-order valence-corrected chi connectivity index (χ1v) is 19.2. The molecule has 4 aromatic heterocycles. The van der Waals surface area contributed by atoms with Crippen molar-refractivity contribution in [3.05, 3.63) is 29.8 Å². The SMILES string of the molecule is COc1cc(-c2c(C(C)C)c(-c3nc(C)c(N4CC5(CN(C(=O)O)C5)C4)s3)nn2COCC[Si](C)(C)C)cn2ncnc12. The lowest BCUT2D eigenvalue weighted by Crippen LogP contribution is -2.73. The van der Waals surface area contributed by atoms with E-state index in [1.807, 2.05) is 23.9 Å². The van der Waals surface area contributed by atoms with Gasteiger partial charge in [-0.15, -0.1) is 0 Å². The van der Waals surface area contributed by atoms with E-state index in [0.717, 1.165) is 57.4 Å². The van der Waals surface area contributed by atoms with Crippen molar-refractivity contribution in [2.45, 2.75) is 59.1 Å². The summed E-state index contributed by atoms with van der Waals surface area (Å²) in [6.45, 7) is 17.3. The van der Waals surface area contributed by atoms with Gasteiger partial charge in [0.05, 0.1) is 18.5 Å². The first-order valence-electron chi connectivity index (χ1n) is 14.6. The second kappa shape index (κ2) is 10.9. The van der Waals surface area contributed by atoms with Crippen molar-refractivity contribution in [2.24, 2.45) is 5.41 Å². The Morgan fingerprint density at radius 2 is 1.95 bits per heavy atom. The van der Waals surface area contributed by atoms with Crippen LogP contribution in [0.25, 0.3) is 27.6 Å². The zero-order valence-electron chi connectivity index (χ0n) is 25.9. The average molecular weight is 625 g/mol. The maximum atomic E-state index is 11.3. The second-order valence-electron chi connectivity index (χ2n) is 13.3. The Labute approximate surface area is 256 Å². The van der Waals surface area contributed by atoms with E-state index < -0.39 is 14.2 Å². The lowest BCUT2D eigenvalue weighted by Gasteiger charge is -2.59. The number of fused-ring (bicyclic) bond motifs is 1. The summed E-state index contributed by atoms with van der Waals surface area (Å²) in [7, 11) is 0.391. The average Bonchev–Trinajstić information content (AvgIpc) is 3.60. The van der Waals surface area contributed by atoms with Gasteiger partial charge in [-0.3, -0.25) is 0 Å². The van der Waals surface area contributed by atoms with Gasteiger partial charge >= 0.3 is 6.09 Å². The Balaban J connectivity index is 1.37. The smallest absolute Gasteiger partial charge is 0.407 e. The minimum absolute atomic E-state index is 0.0686. The fourth-order valence-corrected chi connectivity index (χ4v) is 7.89. The number of pyridine rings is 1. The van der Waals surface area contributed by atoms with Crippen molar-refractivity contribution in [3.8, 4) is 27.7 Å². The molecule has 4 aromatic rings. The molecule has 0 bridgehead atoms. The van der Waals surface area contributed by atoms with Gasteiger partial charge in [0, 0.05) is 63.6 Å². The molecule has 1 spiro atoms. The molecule has 14 heteroatoms. The third-order valence-electron chi connectivity index (χ3n) is 8.25. The molecule has 6 rings (SSSR count). The molecule has 2 fully saturated rings. The Kier molecular flexibility index (Phi) is 7.49. The van der Waals surface area contributed by atoms with E-state index in [1.54, 1.807) is 23.0 Å². The predicted molar refractivity (Wildman–Crippen MR) is 169 cm³/mol. The monoisotopic (exact) mass is 624 g/mol. The van der Waals surface area contributed by atoms with Gasteiger partial charge in [-0.05, 0) is 25.0 Å². The summed E-state index contributed by atoms with van der Waals surface area (Å²) < 4.78 is 15.6. The molecular formula is C29H40N8O4SSi. The number of methoxy groups -OCH3 is 1. The van der Waals surface area contributed by atoms with Gasteiger partial charge in [-0.2, -0.15) is 10.2 Å². The highest BCUT2D eigenvalue weighted by molar-refractivity contribution is 7.19. The number of nitrogens with zero attached hydrogens (tertiary/aromatic N) is 8. The van der Waals surface area contributed by atoms with Crippen molar-refractivity contribution >= 4 is 36.2 Å². The number of anilines is 1. The predicted octanol–water partition coefficient (Wildman–Crippen LogP) is 5.27. The molecule has 0 atom stereocenters. The summed E-state index contributed by atoms with van der Waals surface area (Å²) in [5, 5.41) is 20.8. The van der Waals surface area contributed by atoms with Gasteiger partial charge in [-0.1, -0.05) is 44.8 Å². The maximum Gasteiger partial charge on any atom is 0.407 e. The number of carbonyl (C=O) groups is 1. The standard InChI is InChI=1S/C29H40N8O4SSi/c1-18(2)22-23(26-32-19(3)27(42-26)34-12-29(13-34)14-35(15-29)28(38)39)33-37(17-41-8-9-43(5,6)7)24(22)20-10-21(40-4)25-30-16-31-36(25)11-20/h10-11,16,18H,8-9,12-15,17H2,1-7H3,(H,38,39). The van der Waals surface area contributed by atoms with Crippen LogP contribution in [0.5, 0.6) is 5.75 Å². The van der Waals surface area contributed by atoms with Crippen LogP contribution >= 0.6 is 11.3 Å². The molecule has 6 heterocycles. The minimum atomic E-state index is -1.25. The Hall–Kier alpha value is -3.49. The summed E-state index contributed by atoms with van der Waals surface area (Å²) in [4.78, 5) is 24.5. The molecule has 43 heavy (non-hydrogen) atoms. The van der Waals surface area contributed by atoms with Crippen molar-refractivity contribution in [3.63, 3.8) is 0 Å². The van der Waals surface area contributed by atoms with Crippen LogP contribution in [0, 0.1) is 12.3 Å². The largest absolute Gasteiger partial charge is 0.493 e. The highest BCUT2D eigenvalue weighted by atomic mass is 32.1. The first-order chi connectivity index (χ1) is 20.4. The molecule has 12 nitrogen and oxygen atoms in total. The summed E-state index contributed by atoms with van der Waals surface area (Å²) >= 11 is 1.65. The fourth-order valence-electron chi connectivity index (χ4n) is 6.07. The number of rotatable bonds is 10. The molecule has 2 saturated heterocycles. The number of thiazole rings is 1. The van der Waals surface area contributed by atoms with Gasteiger partial charge in [-0.25, -0.2) is 24.0 Å². The van der Waals surface area contributed by atoms with Gasteiger partial charge in [0.2, 0.25) is 0 Å². The zero-order chi connectivity index (χ0) is 30.7. The summed E-state index contributed by atoms with van der Waals surface area (Å²) in [6, 6.07) is 3.06. The van der Waals surface area contributed by atoms with E-state index in [2.05, 4.69) is 48.5 Å². The number of amides is 1. The number of aromatic nitrogens is 6. The summed E-state index contributed by atoms with van der Waals surface area (Å²) in [6.07, 6.45) is 2.65. The van der Waals surface area contributed by atoms with Crippen LogP contribution < -0.4 is 9.64 Å². The Morgan fingerprint density at radius 1 is 1.21 bits per heavy atom. The normalized spacial score (nSPS) is 16.3. The minimum Gasteiger partial charge on any atom is -0.493 e. The van der Waals surface area contributed by atoms with Gasteiger partial charge < -0.3 is 24.4 Å². The molecule has 0 unspecified atom stereocenters. The zero-order valence-corrected chi connectivity index (χ0v) is 27.7. The van der Waals surface area contributed by atoms with Crippen molar-refractivity contribution < 1.29 is 19.4 Å². The van der Waals surface area contributed by atoms with E-state index in [0.29, 0.717) is 37.8 Å². The lowest BCUT2D eigenvalue weighted by atomic mass is 9.73. The quantitative estimate of drug-likeness (QED) is 0.186.